The number of nitrogens with zero attached hydrogens (tertiary/aromatic N) is 2. The van der Waals surface area contributed by atoms with Gasteiger partial charge >= 0.3 is 0 Å². The minimum atomic E-state index is -0.556. The minimum absolute atomic E-state index is 0. The summed E-state index contributed by atoms with van der Waals surface area (Å²) >= 11 is 0. The van der Waals surface area contributed by atoms with Crippen molar-refractivity contribution in [3.8, 4) is 0 Å². The molecule has 1 saturated heterocycles. The number of carbonyl (C=O) groups is 1. The molecule has 1 unspecified atom stereocenters. The van der Waals surface area contributed by atoms with Crippen LogP contribution in [0.25, 0.3) is 0 Å². The molecule has 21 heavy (non-hydrogen) atoms. The molecule has 1 saturated carbocycles. The summed E-state index contributed by atoms with van der Waals surface area (Å²) in [6, 6.07) is 0. The standard InChI is InChI=1S/C15H29N3O.2ClH/c1-3-17-10-7-13(11-17)12-18(4-2)14(19)15(16)8-5-6-9-15;;/h13H,3-12,16H2,1-2H3;2*1H. The number of carbonyl (C=O) groups excluding carboxylic acids is 1. The van der Waals surface area contributed by atoms with Gasteiger partial charge in [0.05, 0.1) is 5.54 Å². The fraction of sp³-hybridized carbons (Fsp3) is 0.933. The number of hydrogen-bond acceptors (Lipinski definition) is 3. The van der Waals surface area contributed by atoms with E-state index in [0.717, 1.165) is 51.9 Å². The highest BCUT2D eigenvalue weighted by Crippen LogP contribution is 2.29. The van der Waals surface area contributed by atoms with Crippen molar-refractivity contribution in [2.75, 3.05) is 32.7 Å². The molecule has 1 atom stereocenters. The highest BCUT2D eigenvalue weighted by Gasteiger charge is 2.40. The molecule has 2 fully saturated rings. The maximum absolute atomic E-state index is 12.6. The van der Waals surface area contributed by atoms with Crippen LogP contribution in [0.4, 0.5) is 0 Å². The van der Waals surface area contributed by atoms with Gasteiger partial charge in [-0.1, -0.05) is 19.8 Å². The molecule has 0 bridgehead atoms. The van der Waals surface area contributed by atoms with Gasteiger partial charge in [-0.2, -0.15) is 0 Å². The largest absolute Gasteiger partial charge is 0.341 e. The third-order valence-electron chi connectivity index (χ3n) is 4.89. The van der Waals surface area contributed by atoms with Crippen LogP contribution in [0.5, 0.6) is 0 Å². The highest BCUT2D eigenvalue weighted by molar-refractivity contribution is 5.86. The molecule has 2 aliphatic rings. The summed E-state index contributed by atoms with van der Waals surface area (Å²) in [6.07, 6.45) is 5.16. The van der Waals surface area contributed by atoms with Crippen LogP contribution in [-0.4, -0.2) is 54.0 Å². The fourth-order valence-electron chi connectivity index (χ4n) is 3.55. The lowest BCUT2D eigenvalue weighted by Crippen LogP contribution is -2.54. The zero-order chi connectivity index (χ0) is 13.9. The average Bonchev–Trinajstić information content (AvgIpc) is 3.04. The van der Waals surface area contributed by atoms with Crippen LogP contribution in [0.2, 0.25) is 0 Å². The zero-order valence-electron chi connectivity index (χ0n) is 13.3. The Bertz CT molecular complexity index is 322. The molecule has 1 aliphatic carbocycles. The van der Waals surface area contributed by atoms with Gasteiger partial charge in [0.15, 0.2) is 0 Å². The molecule has 1 heterocycles. The molecule has 0 aromatic heterocycles. The molecule has 0 radical (unpaired) electrons. The Morgan fingerprint density at radius 1 is 1.29 bits per heavy atom. The van der Waals surface area contributed by atoms with E-state index in [0.29, 0.717) is 5.92 Å². The first-order chi connectivity index (χ1) is 9.09. The maximum atomic E-state index is 12.6. The van der Waals surface area contributed by atoms with Gasteiger partial charge in [-0.3, -0.25) is 4.79 Å². The van der Waals surface area contributed by atoms with E-state index in [9.17, 15) is 4.79 Å². The quantitative estimate of drug-likeness (QED) is 0.835. The van der Waals surface area contributed by atoms with E-state index in [1.165, 1.54) is 13.0 Å². The molecule has 1 aliphatic heterocycles. The van der Waals surface area contributed by atoms with Gasteiger partial charge in [-0.05, 0) is 45.2 Å². The van der Waals surface area contributed by atoms with Gasteiger partial charge in [0.25, 0.3) is 0 Å². The van der Waals surface area contributed by atoms with E-state index >= 15 is 0 Å². The summed E-state index contributed by atoms with van der Waals surface area (Å²) in [6.45, 7) is 9.41. The Labute approximate surface area is 141 Å². The molecular formula is C15H31Cl2N3O. The van der Waals surface area contributed by atoms with Crippen molar-refractivity contribution >= 4 is 30.7 Å². The Morgan fingerprint density at radius 3 is 2.38 bits per heavy atom. The molecule has 6 heteroatoms. The van der Waals surface area contributed by atoms with E-state index in [1.807, 2.05) is 4.90 Å². The first kappa shape index (κ1) is 21.0. The fourth-order valence-corrected chi connectivity index (χ4v) is 3.55. The van der Waals surface area contributed by atoms with Crippen LogP contribution in [0.1, 0.15) is 46.0 Å². The number of hydrogen-bond donors (Lipinski definition) is 1. The molecule has 126 valence electrons. The molecule has 0 spiro atoms. The summed E-state index contributed by atoms with van der Waals surface area (Å²) < 4.78 is 0. The summed E-state index contributed by atoms with van der Waals surface area (Å²) in [5, 5.41) is 0. The molecule has 2 N–H and O–H groups in total. The predicted octanol–water partition coefficient (Wildman–Crippen LogP) is 2.29. The van der Waals surface area contributed by atoms with E-state index in [-0.39, 0.29) is 30.7 Å². The normalized spacial score (nSPS) is 24.2. The van der Waals surface area contributed by atoms with Gasteiger partial charge in [-0.25, -0.2) is 0 Å². The van der Waals surface area contributed by atoms with Crippen molar-refractivity contribution in [1.29, 1.82) is 0 Å². The number of amides is 1. The lowest BCUT2D eigenvalue weighted by molar-refractivity contribution is -0.137. The average molecular weight is 340 g/mol. The van der Waals surface area contributed by atoms with Crippen molar-refractivity contribution < 1.29 is 4.79 Å². The Hall–Kier alpha value is -0.0300. The Morgan fingerprint density at radius 2 is 1.90 bits per heavy atom. The molecule has 1 amide bonds. The number of nitrogens with two attached hydrogens (primary N) is 1. The minimum Gasteiger partial charge on any atom is -0.341 e. The van der Waals surface area contributed by atoms with E-state index in [4.69, 9.17) is 5.73 Å². The summed E-state index contributed by atoms with van der Waals surface area (Å²) in [7, 11) is 0. The summed E-state index contributed by atoms with van der Waals surface area (Å²) in [5.74, 6) is 0.830. The van der Waals surface area contributed by atoms with Gasteiger partial charge in [0, 0.05) is 19.6 Å². The number of rotatable bonds is 5. The number of likely N-dealkylation sites (N-methyl/N-ethyl adjacent to an activating group) is 1. The smallest absolute Gasteiger partial charge is 0.242 e. The van der Waals surface area contributed by atoms with Gasteiger partial charge in [0.1, 0.15) is 0 Å². The summed E-state index contributed by atoms with van der Waals surface area (Å²) in [4.78, 5) is 17.1. The molecule has 0 aromatic carbocycles. The zero-order valence-corrected chi connectivity index (χ0v) is 15.0. The monoisotopic (exact) mass is 339 g/mol. The van der Waals surface area contributed by atoms with Crippen LogP contribution in [0, 0.1) is 5.92 Å². The van der Waals surface area contributed by atoms with Crippen LogP contribution < -0.4 is 5.73 Å². The van der Waals surface area contributed by atoms with Crippen LogP contribution in [-0.2, 0) is 4.79 Å². The van der Waals surface area contributed by atoms with E-state index in [2.05, 4.69) is 18.7 Å². The van der Waals surface area contributed by atoms with Crippen molar-refractivity contribution in [3.05, 3.63) is 0 Å². The van der Waals surface area contributed by atoms with E-state index < -0.39 is 5.54 Å². The van der Waals surface area contributed by atoms with Crippen molar-refractivity contribution in [3.63, 3.8) is 0 Å². The van der Waals surface area contributed by atoms with Gasteiger partial charge in [-0.15, -0.1) is 24.8 Å². The SMILES string of the molecule is CCN1CCC(CN(CC)C(=O)C2(N)CCCC2)C1.Cl.Cl. The number of likely N-dealkylation sites (tertiary alicyclic amines) is 1. The lowest BCUT2D eigenvalue weighted by atomic mass is 9.96. The summed E-state index contributed by atoms with van der Waals surface area (Å²) in [5.41, 5.74) is 5.75. The van der Waals surface area contributed by atoms with Crippen molar-refractivity contribution in [1.82, 2.24) is 9.80 Å². The van der Waals surface area contributed by atoms with E-state index in [1.54, 1.807) is 0 Å². The second-order valence-electron chi connectivity index (χ2n) is 6.25. The lowest BCUT2D eigenvalue weighted by Gasteiger charge is -2.32. The Balaban J connectivity index is 0.00000200. The van der Waals surface area contributed by atoms with Gasteiger partial charge < -0.3 is 15.5 Å². The number of halogens is 2. The second-order valence-corrected chi connectivity index (χ2v) is 6.25. The molecule has 2 rings (SSSR count). The van der Waals surface area contributed by atoms with Crippen LogP contribution in [0.3, 0.4) is 0 Å². The first-order valence-corrected chi connectivity index (χ1v) is 7.89. The third kappa shape index (κ3) is 4.98. The van der Waals surface area contributed by atoms with Crippen LogP contribution >= 0.6 is 24.8 Å². The van der Waals surface area contributed by atoms with Crippen molar-refractivity contribution in [2.24, 2.45) is 11.7 Å². The maximum Gasteiger partial charge on any atom is 0.242 e. The third-order valence-corrected chi connectivity index (χ3v) is 4.89. The van der Waals surface area contributed by atoms with Crippen LogP contribution in [0.15, 0.2) is 0 Å². The second kappa shape index (κ2) is 9.19. The predicted molar refractivity (Wildman–Crippen MR) is 92.4 cm³/mol. The molecular weight excluding hydrogens is 309 g/mol. The molecule has 4 nitrogen and oxygen atoms in total. The Kier molecular flexibility index (Phi) is 9.17. The topological polar surface area (TPSA) is 49.6 Å². The highest BCUT2D eigenvalue weighted by atomic mass is 35.5. The first-order valence-electron chi connectivity index (χ1n) is 7.89. The molecule has 0 aromatic rings. The van der Waals surface area contributed by atoms with Crippen molar-refractivity contribution in [2.45, 2.75) is 51.5 Å². The van der Waals surface area contributed by atoms with Gasteiger partial charge in [0.2, 0.25) is 5.91 Å².